The van der Waals surface area contributed by atoms with Crippen molar-refractivity contribution in [1.82, 2.24) is 9.80 Å². The van der Waals surface area contributed by atoms with E-state index in [4.69, 9.17) is 14.9 Å². The van der Waals surface area contributed by atoms with Crippen LogP contribution in [0.1, 0.15) is 6.42 Å². The van der Waals surface area contributed by atoms with Crippen LogP contribution in [0.15, 0.2) is 0 Å². The lowest BCUT2D eigenvalue weighted by Gasteiger charge is -2.37. The molecule has 7 heteroatoms. The molecule has 98 valence electrons. The van der Waals surface area contributed by atoms with E-state index in [0.29, 0.717) is 13.2 Å². The van der Waals surface area contributed by atoms with Crippen molar-refractivity contribution in [2.75, 3.05) is 40.0 Å². The number of aliphatic hydroxyl groups is 1. The van der Waals surface area contributed by atoms with Gasteiger partial charge in [-0.2, -0.15) is 0 Å². The molecule has 0 spiro atoms. The molecular formula is C10H18N2O5. The second-order valence-corrected chi connectivity index (χ2v) is 3.95. The van der Waals surface area contributed by atoms with Gasteiger partial charge >= 0.3 is 12.0 Å². The summed E-state index contributed by atoms with van der Waals surface area (Å²) >= 11 is 0. The standard InChI is InChI=1S/C10H18N2O5/c1-11(2-4-13)10(16)12-3-5-17-7-8(12)6-9(14)15/h8,13H,2-7H2,1H3,(H,14,15). The summed E-state index contributed by atoms with van der Waals surface area (Å²) in [5, 5.41) is 17.5. The minimum absolute atomic E-state index is 0.115. The molecule has 1 unspecified atom stereocenters. The number of urea groups is 1. The van der Waals surface area contributed by atoms with Gasteiger partial charge in [0.05, 0.1) is 32.3 Å². The van der Waals surface area contributed by atoms with E-state index >= 15 is 0 Å². The molecule has 17 heavy (non-hydrogen) atoms. The lowest BCUT2D eigenvalue weighted by molar-refractivity contribution is -0.139. The van der Waals surface area contributed by atoms with Gasteiger partial charge in [0.1, 0.15) is 0 Å². The zero-order valence-electron chi connectivity index (χ0n) is 9.83. The van der Waals surface area contributed by atoms with Crippen LogP contribution >= 0.6 is 0 Å². The summed E-state index contributed by atoms with van der Waals surface area (Å²) < 4.78 is 5.18. The van der Waals surface area contributed by atoms with Crippen molar-refractivity contribution in [2.24, 2.45) is 0 Å². The Balaban J connectivity index is 2.63. The third kappa shape index (κ3) is 3.86. The Morgan fingerprint density at radius 1 is 1.53 bits per heavy atom. The Bertz CT molecular complexity index is 284. The number of amides is 2. The van der Waals surface area contributed by atoms with Gasteiger partial charge in [0.25, 0.3) is 0 Å². The molecule has 2 amide bonds. The molecule has 1 atom stereocenters. The summed E-state index contributed by atoms with van der Waals surface area (Å²) in [5.41, 5.74) is 0. The van der Waals surface area contributed by atoms with Crippen LogP contribution in [0, 0.1) is 0 Å². The van der Waals surface area contributed by atoms with Crippen molar-refractivity contribution in [3.05, 3.63) is 0 Å². The predicted molar refractivity (Wildman–Crippen MR) is 58.7 cm³/mol. The molecular weight excluding hydrogens is 228 g/mol. The first-order valence-corrected chi connectivity index (χ1v) is 5.48. The van der Waals surface area contributed by atoms with E-state index in [0.717, 1.165) is 0 Å². The van der Waals surface area contributed by atoms with Gasteiger partial charge in [-0.1, -0.05) is 0 Å². The Morgan fingerprint density at radius 2 is 2.24 bits per heavy atom. The maximum Gasteiger partial charge on any atom is 0.320 e. The Morgan fingerprint density at radius 3 is 2.82 bits per heavy atom. The van der Waals surface area contributed by atoms with Gasteiger partial charge in [-0.05, 0) is 0 Å². The summed E-state index contributed by atoms with van der Waals surface area (Å²) in [7, 11) is 1.58. The summed E-state index contributed by atoms with van der Waals surface area (Å²) in [4.78, 5) is 25.5. The average Bonchev–Trinajstić information content (AvgIpc) is 2.28. The summed E-state index contributed by atoms with van der Waals surface area (Å²) in [6.07, 6.45) is -0.126. The second kappa shape index (κ2) is 6.41. The maximum absolute atomic E-state index is 12.0. The molecule has 0 radical (unpaired) electrons. The molecule has 1 aliphatic heterocycles. The quantitative estimate of drug-likeness (QED) is 0.678. The molecule has 7 nitrogen and oxygen atoms in total. The number of hydrogen-bond acceptors (Lipinski definition) is 4. The minimum Gasteiger partial charge on any atom is -0.481 e. The largest absolute Gasteiger partial charge is 0.481 e. The molecule has 1 fully saturated rings. The van der Waals surface area contributed by atoms with Crippen LogP contribution in [0.25, 0.3) is 0 Å². The van der Waals surface area contributed by atoms with Gasteiger partial charge in [-0.3, -0.25) is 4.79 Å². The highest BCUT2D eigenvalue weighted by Crippen LogP contribution is 2.12. The van der Waals surface area contributed by atoms with Gasteiger partial charge in [0.2, 0.25) is 0 Å². The van der Waals surface area contributed by atoms with Gasteiger partial charge in [-0.25, -0.2) is 4.79 Å². The van der Waals surface area contributed by atoms with Crippen LogP contribution in [0.5, 0.6) is 0 Å². The normalized spacial score (nSPS) is 20.1. The van der Waals surface area contributed by atoms with Gasteiger partial charge < -0.3 is 24.7 Å². The van der Waals surface area contributed by atoms with Crippen molar-refractivity contribution >= 4 is 12.0 Å². The van der Waals surface area contributed by atoms with Crippen molar-refractivity contribution < 1.29 is 24.5 Å². The number of aliphatic carboxylic acids is 1. The van der Waals surface area contributed by atoms with Crippen LogP contribution in [0.3, 0.4) is 0 Å². The number of ether oxygens (including phenoxy) is 1. The Labute approximate surface area is 99.6 Å². The zero-order chi connectivity index (χ0) is 12.8. The number of rotatable bonds is 4. The van der Waals surface area contributed by atoms with Gasteiger partial charge in [0.15, 0.2) is 0 Å². The van der Waals surface area contributed by atoms with Crippen LogP contribution in [-0.2, 0) is 9.53 Å². The van der Waals surface area contributed by atoms with E-state index in [1.54, 1.807) is 7.05 Å². The fourth-order valence-electron chi connectivity index (χ4n) is 1.74. The molecule has 1 heterocycles. The molecule has 0 aromatic carbocycles. The number of carboxylic acid groups (broad SMARTS) is 1. The number of carbonyl (C=O) groups excluding carboxylic acids is 1. The zero-order valence-corrected chi connectivity index (χ0v) is 9.83. The fraction of sp³-hybridized carbons (Fsp3) is 0.800. The number of morpholine rings is 1. The van der Waals surface area contributed by atoms with Crippen LogP contribution in [0.2, 0.25) is 0 Å². The molecule has 0 aromatic heterocycles. The van der Waals surface area contributed by atoms with E-state index in [1.165, 1.54) is 9.80 Å². The average molecular weight is 246 g/mol. The van der Waals surface area contributed by atoms with E-state index < -0.39 is 12.0 Å². The molecule has 1 saturated heterocycles. The van der Waals surface area contributed by atoms with Gasteiger partial charge in [0, 0.05) is 20.1 Å². The summed E-state index contributed by atoms with van der Waals surface area (Å²) in [6.45, 7) is 1.15. The van der Waals surface area contributed by atoms with Crippen molar-refractivity contribution in [1.29, 1.82) is 0 Å². The molecule has 0 bridgehead atoms. The van der Waals surface area contributed by atoms with E-state index in [2.05, 4.69) is 0 Å². The Hall–Kier alpha value is -1.34. The Kier molecular flexibility index (Phi) is 5.17. The highest BCUT2D eigenvalue weighted by molar-refractivity contribution is 5.76. The predicted octanol–water partition coefficient (Wildman–Crippen LogP) is -0.794. The number of aliphatic hydroxyl groups excluding tert-OH is 1. The van der Waals surface area contributed by atoms with Crippen LogP contribution in [-0.4, -0.2) is 78.0 Å². The number of nitrogens with zero attached hydrogens (tertiary/aromatic N) is 2. The lowest BCUT2D eigenvalue weighted by atomic mass is 10.1. The summed E-state index contributed by atoms with van der Waals surface area (Å²) in [5.74, 6) is -0.955. The highest BCUT2D eigenvalue weighted by Gasteiger charge is 2.30. The van der Waals surface area contributed by atoms with E-state index in [-0.39, 0.29) is 32.2 Å². The van der Waals surface area contributed by atoms with Crippen LogP contribution < -0.4 is 0 Å². The third-order valence-corrected chi connectivity index (χ3v) is 2.65. The minimum atomic E-state index is -0.955. The topological polar surface area (TPSA) is 90.3 Å². The third-order valence-electron chi connectivity index (χ3n) is 2.65. The first kappa shape index (κ1) is 13.7. The molecule has 1 aliphatic rings. The smallest absolute Gasteiger partial charge is 0.320 e. The van der Waals surface area contributed by atoms with Gasteiger partial charge in [-0.15, -0.1) is 0 Å². The summed E-state index contributed by atoms with van der Waals surface area (Å²) in [6, 6.07) is -0.705. The first-order valence-electron chi connectivity index (χ1n) is 5.48. The molecule has 0 aromatic rings. The first-order chi connectivity index (χ1) is 8.06. The molecule has 2 N–H and O–H groups in total. The molecule has 0 aliphatic carbocycles. The highest BCUT2D eigenvalue weighted by atomic mass is 16.5. The SMILES string of the molecule is CN(CCO)C(=O)N1CCOCC1CC(=O)O. The maximum atomic E-state index is 12.0. The lowest BCUT2D eigenvalue weighted by Crippen LogP contribution is -2.53. The molecule has 1 rings (SSSR count). The number of carboxylic acids is 1. The number of carbonyl (C=O) groups is 2. The number of likely N-dealkylation sites (N-methyl/N-ethyl adjacent to an activating group) is 1. The van der Waals surface area contributed by atoms with Crippen molar-refractivity contribution in [2.45, 2.75) is 12.5 Å². The van der Waals surface area contributed by atoms with Crippen molar-refractivity contribution in [3.63, 3.8) is 0 Å². The van der Waals surface area contributed by atoms with E-state index in [1.807, 2.05) is 0 Å². The van der Waals surface area contributed by atoms with E-state index in [9.17, 15) is 9.59 Å². The molecule has 0 saturated carbocycles. The number of hydrogen-bond donors (Lipinski definition) is 2. The second-order valence-electron chi connectivity index (χ2n) is 3.95. The monoisotopic (exact) mass is 246 g/mol. The van der Waals surface area contributed by atoms with Crippen molar-refractivity contribution in [3.8, 4) is 0 Å². The fourth-order valence-corrected chi connectivity index (χ4v) is 1.74. The van der Waals surface area contributed by atoms with Crippen LogP contribution in [0.4, 0.5) is 4.79 Å².